The van der Waals surface area contributed by atoms with Crippen LogP contribution in [0.2, 0.25) is 0 Å². The van der Waals surface area contributed by atoms with E-state index in [-0.39, 0.29) is 24.0 Å². The number of aliphatic imine (C=N–C) groups is 1. The highest BCUT2D eigenvalue weighted by atomic mass is 127. The molecule has 0 saturated carbocycles. The first-order valence-electron chi connectivity index (χ1n) is 8.86. The molecule has 0 radical (unpaired) electrons. The van der Waals surface area contributed by atoms with Crippen LogP contribution in [0.1, 0.15) is 16.7 Å². The fourth-order valence-corrected chi connectivity index (χ4v) is 2.77. The number of hydrogen-bond acceptors (Lipinski definition) is 3. The summed E-state index contributed by atoms with van der Waals surface area (Å²) >= 11 is 0. The molecule has 0 bridgehead atoms. The van der Waals surface area contributed by atoms with E-state index in [0.717, 1.165) is 23.0 Å². The van der Waals surface area contributed by atoms with E-state index >= 15 is 0 Å². The van der Waals surface area contributed by atoms with Crippen LogP contribution in [0.15, 0.2) is 65.9 Å². The van der Waals surface area contributed by atoms with E-state index in [4.69, 9.17) is 4.74 Å². The van der Waals surface area contributed by atoms with Gasteiger partial charge >= 0.3 is 0 Å². The number of nitrogens with zero attached hydrogens (tertiary/aromatic N) is 3. The second-order valence-electron chi connectivity index (χ2n) is 6.21. The van der Waals surface area contributed by atoms with Crippen molar-refractivity contribution >= 4 is 29.9 Å². The van der Waals surface area contributed by atoms with Gasteiger partial charge in [-0.15, -0.1) is 24.0 Å². The molecule has 1 heterocycles. The van der Waals surface area contributed by atoms with Gasteiger partial charge in [0.15, 0.2) is 5.96 Å². The second kappa shape index (κ2) is 10.7. The van der Waals surface area contributed by atoms with Crippen molar-refractivity contribution in [3.8, 4) is 11.4 Å². The number of aryl methyl sites for hydroxylation is 1. The monoisotopic (exact) mass is 491 g/mol. The number of benzene rings is 2. The second-order valence-corrected chi connectivity index (χ2v) is 6.21. The Morgan fingerprint density at radius 3 is 2.50 bits per heavy atom. The van der Waals surface area contributed by atoms with Gasteiger partial charge in [0.2, 0.25) is 0 Å². The first kappa shape index (κ1) is 21.7. The molecule has 0 unspecified atom stereocenters. The van der Waals surface area contributed by atoms with Crippen molar-refractivity contribution in [3.63, 3.8) is 0 Å². The summed E-state index contributed by atoms with van der Waals surface area (Å²) in [7, 11) is 3.46. The molecule has 0 atom stereocenters. The molecular weight excluding hydrogens is 465 g/mol. The minimum absolute atomic E-state index is 0. The average Bonchev–Trinajstić information content (AvgIpc) is 3.24. The zero-order valence-electron chi connectivity index (χ0n) is 16.3. The van der Waals surface area contributed by atoms with Crippen molar-refractivity contribution in [1.82, 2.24) is 20.4 Å². The van der Waals surface area contributed by atoms with Crippen molar-refractivity contribution in [3.05, 3.63) is 77.6 Å². The Morgan fingerprint density at radius 1 is 1.11 bits per heavy atom. The lowest BCUT2D eigenvalue weighted by atomic mass is 10.1. The molecule has 0 aliphatic carbocycles. The van der Waals surface area contributed by atoms with Gasteiger partial charge in [-0.2, -0.15) is 5.10 Å². The molecule has 2 N–H and O–H groups in total. The maximum absolute atomic E-state index is 5.46. The van der Waals surface area contributed by atoms with Gasteiger partial charge in [0, 0.05) is 38.1 Å². The van der Waals surface area contributed by atoms with Gasteiger partial charge in [0.25, 0.3) is 0 Å². The first-order chi connectivity index (χ1) is 13.2. The van der Waals surface area contributed by atoms with Gasteiger partial charge in [-0.3, -0.25) is 4.99 Å². The molecule has 2 aromatic carbocycles. The van der Waals surface area contributed by atoms with Crippen LogP contribution in [-0.4, -0.2) is 29.9 Å². The average molecular weight is 491 g/mol. The van der Waals surface area contributed by atoms with Gasteiger partial charge in [-0.05, 0) is 42.3 Å². The van der Waals surface area contributed by atoms with E-state index in [1.165, 1.54) is 11.1 Å². The van der Waals surface area contributed by atoms with Crippen molar-refractivity contribution in [2.75, 3.05) is 14.2 Å². The zero-order chi connectivity index (χ0) is 19.1. The number of aromatic nitrogens is 2. The third-order valence-corrected chi connectivity index (χ3v) is 4.28. The third-order valence-electron chi connectivity index (χ3n) is 4.28. The Morgan fingerprint density at radius 2 is 1.86 bits per heavy atom. The normalized spacial score (nSPS) is 10.9. The molecule has 0 fully saturated rings. The number of nitrogens with one attached hydrogen (secondary N) is 2. The highest BCUT2D eigenvalue weighted by Gasteiger charge is 2.05. The lowest BCUT2D eigenvalue weighted by Gasteiger charge is -2.14. The minimum Gasteiger partial charge on any atom is -0.496 e. The molecule has 7 heteroatoms. The fraction of sp³-hybridized carbons (Fsp3) is 0.238. The van der Waals surface area contributed by atoms with Crippen molar-refractivity contribution in [1.29, 1.82) is 0 Å². The van der Waals surface area contributed by atoms with E-state index in [0.29, 0.717) is 13.1 Å². The predicted molar refractivity (Wildman–Crippen MR) is 124 cm³/mol. The van der Waals surface area contributed by atoms with E-state index in [1.807, 2.05) is 23.0 Å². The largest absolute Gasteiger partial charge is 0.496 e. The smallest absolute Gasteiger partial charge is 0.191 e. The number of rotatable bonds is 6. The van der Waals surface area contributed by atoms with E-state index in [9.17, 15) is 0 Å². The quantitative estimate of drug-likeness (QED) is 0.314. The molecule has 0 aliphatic heterocycles. The Balaban J connectivity index is 0.00000280. The molecule has 0 aliphatic rings. The van der Waals surface area contributed by atoms with Crippen LogP contribution in [0.3, 0.4) is 0 Å². The lowest BCUT2D eigenvalue weighted by molar-refractivity contribution is 0.408. The Labute approximate surface area is 183 Å². The van der Waals surface area contributed by atoms with Crippen LogP contribution in [-0.2, 0) is 13.1 Å². The topological polar surface area (TPSA) is 63.5 Å². The van der Waals surface area contributed by atoms with Crippen molar-refractivity contribution < 1.29 is 4.74 Å². The van der Waals surface area contributed by atoms with E-state index in [2.05, 4.69) is 64.0 Å². The molecule has 0 amide bonds. The molecule has 1 aromatic heterocycles. The van der Waals surface area contributed by atoms with Gasteiger partial charge in [-0.25, -0.2) is 4.68 Å². The molecule has 0 spiro atoms. The van der Waals surface area contributed by atoms with Crippen LogP contribution < -0.4 is 15.4 Å². The summed E-state index contributed by atoms with van der Waals surface area (Å²) in [6.45, 7) is 3.38. The molecule has 6 nitrogen and oxygen atoms in total. The third kappa shape index (κ3) is 5.72. The number of ether oxygens (including phenoxy) is 1. The summed E-state index contributed by atoms with van der Waals surface area (Å²) in [6, 6.07) is 16.4. The number of methoxy groups -OCH3 is 1. The highest BCUT2D eigenvalue weighted by Crippen LogP contribution is 2.19. The number of guanidine groups is 1. The van der Waals surface area contributed by atoms with Gasteiger partial charge < -0.3 is 15.4 Å². The summed E-state index contributed by atoms with van der Waals surface area (Å²) < 4.78 is 7.30. The van der Waals surface area contributed by atoms with Crippen LogP contribution in [0.25, 0.3) is 5.69 Å². The summed E-state index contributed by atoms with van der Waals surface area (Å²) in [5.41, 5.74) is 4.48. The molecule has 148 valence electrons. The van der Waals surface area contributed by atoms with Crippen LogP contribution in [0, 0.1) is 6.92 Å². The molecule has 3 aromatic rings. The van der Waals surface area contributed by atoms with Crippen molar-refractivity contribution in [2.24, 2.45) is 4.99 Å². The fourth-order valence-electron chi connectivity index (χ4n) is 2.77. The first-order valence-corrected chi connectivity index (χ1v) is 8.86. The molecule has 3 rings (SSSR count). The molecule has 0 saturated heterocycles. The summed E-state index contributed by atoms with van der Waals surface area (Å²) in [6.07, 6.45) is 3.70. The van der Waals surface area contributed by atoms with Gasteiger partial charge in [0.1, 0.15) is 5.75 Å². The Hall–Kier alpha value is -2.55. The summed E-state index contributed by atoms with van der Waals surface area (Å²) in [4.78, 5) is 4.29. The van der Waals surface area contributed by atoms with E-state index < -0.39 is 0 Å². The zero-order valence-corrected chi connectivity index (χ0v) is 18.7. The number of halogens is 1. The Bertz CT molecular complexity index is 892. The Kier molecular flexibility index (Phi) is 8.31. The minimum atomic E-state index is 0. The standard InChI is InChI=1S/C21H25N5O.HI/c1-16-5-8-18(20(13-16)27-3)15-24-21(22-2)23-14-17-6-9-19(10-7-17)26-12-4-11-25-26;/h4-13H,14-15H2,1-3H3,(H2,22,23,24);1H. The van der Waals surface area contributed by atoms with Gasteiger partial charge in [-0.1, -0.05) is 24.3 Å². The highest BCUT2D eigenvalue weighted by molar-refractivity contribution is 14.0. The molecule has 28 heavy (non-hydrogen) atoms. The lowest BCUT2D eigenvalue weighted by Crippen LogP contribution is -2.36. The van der Waals surface area contributed by atoms with Crippen LogP contribution >= 0.6 is 24.0 Å². The van der Waals surface area contributed by atoms with Crippen LogP contribution in [0.5, 0.6) is 5.75 Å². The summed E-state index contributed by atoms with van der Waals surface area (Å²) in [5, 5.41) is 10.9. The summed E-state index contributed by atoms with van der Waals surface area (Å²) in [5.74, 6) is 1.63. The maximum Gasteiger partial charge on any atom is 0.191 e. The van der Waals surface area contributed by atoms with Crippen LogP contribution in [0.4, 0.5) is 0 Å². The number of hydrogen-bond donors (Lipinski definition) is 2. The van der Waals surface area contributed by atoms with E-state index in [1.54, 1.807) is 20.4 Å². The molecular formula is C21H26IN5O. The SMILES string of the molecule is CN=C(NCc1ccc(-n2cccn2)cc1)NCc1ccc(C)cc1OC.I. The van der Waals surface area contributed by atoms with Crippen molar-refractivity contribution in [2.45, 2.75) is 20.0 Å². The predicted octanol–water partition coefficient (Wildman–Crippen LogP) is 3.67. The van der Waals surface area contributed by atoms with Gasteiger partial charge in [0.05, 0.1) is 12.8 Å². The maximum atomic E-state index is 5.46.